The molecule has 0 aromatic heterocycles. The normalized spacial score (nSPS) is 15.7. The Morgan fingerprint density at radius 1 is 1.06 bits per heavy atom. The molecule has 0 radical (unpaired) electrons. The van der Waals surface area contributed by atoms with Gasteiger partial charge < -0.3 is 19.3 Å². The zero-order valence-corrected chi connectivity index (χ0v) is 20.6. The molecule has 0 saturated carbocycles. The Hall–Kier alpha value is -3.26. The summed E-state index contributed by atoms with van der Waals surface area (Å²) >= 11 is 0. The maximum absolute atomic E-state index is 14.0. The molecular weight excluding hydrogens is 451 g/mol. The minimum atomic E-state index is -0.704. The van der Waals surface area contributed by atoms with Gasteiger partial charge in [-0.1, -0.05) is 30.3 Å². The lowest BCUT2D eigenvalue weighted by molar-refractivity contribution is -0.938. The second-order valence-corrected chi connectivity index (χ2v) is 9.06. The molecular formula is C27H34FN2O5+. The van der Waals surface area contributed by atoms with Crippen molar-refractivity contribution in [2.45, 2.75) is 52.7 Å². The van der Waals surface area contributed by atoms with E-state index in [1.807, 2.05) is 30.3 Å². The number of likely N-dealkylation sites (tertiary alicyclic amines) is 1. The molecule has 0 aliphatic carbocycles. The fraction of sp³-hybridized carbons (Fsp3) is 0.444. The average molecular weight is 486 g/mol. The molecule has 35 heavy (non-hydrogen) atoms. The van der Waals surface area contributed by atoms with Crippen LogP contribution in [0.4, 0.5) is 10.1 Å². The summed E-state index contributed by atoms with van der Waals surface area (Å²) in [4.78, 5) is 38.6. The van der Waals surface area contributed by atoms with E-state index >= 15 is 0 Å². The summed E-state index contributed by atoms with van der Waals surface area (Å²) in [6, 6.07) is 11.2. The van der Waals surface area contributed by atoms with Crippen molar-refractivity contribution in [3.8, 4) is 0 Å². The Labute approximate surface area is 205 Å². The van der Waals surface area contributed by atoms with E-state index in [-0.39, 0.29) is 47.4 Å². The molecule has 1 amide bonds. The average Bonchev–Trinajstić information content (AvgIpc) is 2.85. The first-order valence-electron chi connectivity index (χ1n) is 12.1. The van der Waals surface area contributed by atoms with E-state index in [0.29, 0.717) is 18.7 Å². The van der Waals surface area contributed by atoms with Crippen molar-refractivity contribution < 1.29 is 32.7 Å². The van der Waals surface area contributed by atoms with Crippen LogP contribution in [0.15, 0.2) is 42.5 Å². The number of halogens is 1. The van der Waals surface area contributed by atoms with Gasteiger partial charge in [-0.2, -0.15) is 0 Å². The first kappa shape index (κ1) is 26.3. The SMILES string of the molecule is CCOC(=O)c1cc(F)cc(C)c1NC(=O)C(C)[N+]1(CC(=O)OCc2ccccc2)CCCCC1. The van der Waals surface area contributed by atoms with Crippen molar-refractivity contribution >= 4 is 23.5 Å². The fourth-order valence-electron chi connectivity index (χ4n) is 4.62. The highest BCUT2D eigenvalue weighted by molar-refractivity contribution is 6.03. The third-order valence-corrected chi connectivity index (χ3v) is 6.64. The number of nitrogens with zero attached hydrogens (tertiary/aromatic N) is 1. The standard InChI is InChI=1S/C27H33FN2O5/c1-4-34-27(33)23-16-22(28)15-19(2)25(23)29-26(32)20(3)30(13-9-6-10-14-30)17-24(31)35-18-21-11-7-5-8-12-21/h5,7-8,11-12,15-16,20H,4,6,9-10,13-14,17-18H2,1-3H3/p+1. The second kappa shape index (κ2) is 11.9. The minimum absolute atomic E-state index is 0.0302. The van der Waals surface area contributed by atoms with Gasteiger partial charge in [0, 0.05) is 0 Å². The summed E-state index contributed by atoms with van der Waals surface area (Å²) in [5.41, 5.74) is 1.51. The number of amides is 1. The van der Waals surface area contributed by atoms with Crippen molar-refractivity contribution in [3.63, 3.8) is 0 Å². The first-order valence-corrected chi connectivity index (χ1v) is 12.1. The number of ether oxygens (including phenoxy) is 2. The van der Waals surface area contributed by atoms with Gasteiger partial charge in [0.2, 0.25) is 0 Å². The zero-order valence-electron chi connectivity index (χ0n) is 20.6. The fourth-order valence-corrected chi connectivity index (χ4v) is 4.62. The van der Waals surface area contributed by atoms with Crippen LogP contribution in [-0.4, -0.2) is 54.6 Å². The van der Waals surface area contributed by atoms with Crippen LogP contribution in [-0.2, 0) is 25.7 Å². The number of benzene rings is 2. The molecule has 2 aromatic rings. The number of carbonyl (C=O) groups excluding carboxylic acids is 3. The number of anilines is 1. The summed E-state index contributed by atoms with van der Waals surface area (Å²) in [5.74, 6) is -2.00. The Kier molecular flexibility index (Phi) is 8.98. The van der Waals surface area contributed by atoms with Gasteiger partial charge in [-0.25, -0.2) is 14.0 Å². The number of esters is 2. The van der Waals surface area contributed by atoms with Gasteiger partial charge in [0.1, 0.15) is 12.4 Å². The van der Waals surface area contributed by atoms with E-state index in [4.69, 9.17) is 9.47 Å². The third-order valence-electron chi connectivity index (χ3n) is 6.64. The molecule has 1 aliphatic heterocycles. The van der Waals surface area contributed by atoms with E-state index in [9.17, 15) is 18.8 Å². The van der Waals surface area contributed by atoms with Crippen LogP contribution in [0.25, 0.3) is 0 Å². The summed E-state index contributed by atoms with van der Waals surface area (Å²) in [6.45, 7) is 6.79. The Bertz CT molecular complexity index is 1050. The number of carbonyl (C=O) groups is 3. The highest BCUT2D eigenvalue weighted by Gasteiger charge is 2.42. The smallest absolute Gasteiger partial charge is 0.362 e. The number of nitrogens with one attached hydrogen (secondary N) is 1. The lowest BCUT2D eigenvalue weighted by atomic mass is 10.0. The number of hydrogen-bond acceptors (Lipinski definition) is 5. The van der Waals surface area contributed by atoms with Crippen LogP contribution in [0.2, 0.25) is 0 Å². The molecule has 3 rings (SSSR count). The first-order chi connectivity index (χ1) is 16.8. The minimum Gasteiger partial charge on any atom is -0.462 e. The van der Waals surface area contributed by atoms with Crippen molar-refractivity contribution in [3.05, 3.63) is 65.0 Å². The molecule has 188 valence electrons. The molecule has 1 atom stereocenters. The molecule has 1 fully saturated rings. The lowest BCUT2D eigenvalue weighted by Gasteiger charge is -2.44. The van der Waals surface area contributed by atoms with Gasteiger partial charge in [0.15, 0.2) is 12.6 Å². The van der Waals surface area contributed by atoms with Crippen LogP contribution in [0.3, 0.4) is 0 Å². The summed E-state index contributed by atoms with van der Waals surface area (Å²) in [6.07, 6.45) is 2.83. The molecule has 1 aliphatic rings. The summed E-state index contributed by atoms with van der Waals surface area (Å²) in [5, 5.41) is 2.82. The number of quaternary nitrogens is 1. The monoisotopic (exact) mass is 485 g/mol. The molecule has 0 bridgehead atoms. The van der Waals surface area contributed by atoms with Gasteiger partial charge in [0.05, 0.1) is 30.9 Å². The molecule has 2 aromatic carbocycles. The topological polar surface area (TPSA) is 81.7 Å². The molecule has 1 saturated heterocycles. The molecule has 1 N–H and O–H groups in total. The van der Waals surface area contributed by atoms with E-state index in [2.05, 4.69) is 5.32 Å². The van der Waals surface area contributed by atoms with E-state index < -0.39 is 17.8 Å². The Balaban J connectivity index is 1.77. The van der Waals surface area contributed by atoms with Crippen LogP contribution >= 0.6 is 0 Å². The second-order valence-electron chi connectivity index (χ2n) is 9.06. The third kappa shape index (κ3) is 6.66. The maximum atomic E-state index is 14.0. The van der Waals surface area contributed by atoms with Crippen molar-refractivity contribution in [2.75, 3.05) is 31.6 Å². The van der Waals surface area contributed by atoms with Gasteiger partial charge >= 0.3 is 11.9 Å². The van der Waals surface area contributed by atoms with Gasteiger partial charge in [-0.05, 0) is 63.3 Å². The molecule has 1 unspecified atom stereocenters. The van der Waals surface area contributed by atoms with Crippen LogP contribution < -0.4 is 5.32 Å². The lowest BCUT2D eigenvalue weighted by Crippen LogP contribution is -2.63. The molecule has 1 heterocycles. The largest absolute Gasteiger partial charge is 0.462 e. The van der Waals surface area contributed by atoms with Crippen molar-refractivity contribution in [1.82, 2.24) is 0 Å². The maximum Gasteiger partial charge on any atom is 0.362 e. The predicted octanol–water partition coefficient (Wildman–Crippen LogP) is 4.38. The highest BCUT2D eigenvalue weighted by atomic mass is 19.1. The van der Waals surface area contributed by atoms with Crippen LogP contribution in [0.5, 0.6) is 0 Å². The number of aryl methyl sites for hydroxylation is 1. The van der Waals surface area contributed by atoms with Crippen molar-refractivity contribution in [1.29, 1.82) is 0 Å². The van der Waals surface area contributed by atoms with E-state index in [1.165, 1.54) is 6.07 Å². The van der Waals surface area contributed by atoms with Crippen LogP contribution in [0, 0.1) is 12.7 Å². The molecule has 0 spiro atoms. The van der Waals surface area contributed by atoms with Crippen molar-refractivity contribution in [2.24, 2.45) is 0 Å². The van der Waals surface area contributed by atoms with E-state index in [1.54, 1.807) is 20.8 Å². The van der Waals surface area contributed by atoms with Gasteiger partial charge in [-0.3, -0.25) is 4.79 Å². The summed E-state index contributed by atoms with van der Waals surface area (Å²) in [7, 11) is 0. The van der Waals surface area contributed by atoms with Crippen LogP contribution in [0.1, 0.15) is 54.6 Å². The zero-order chi connectivity index (χ0) is 25.4. The highest BCUT2D eigenvalue weighted by Crippen LogP contribution is 2.27. The number of hydrogen-bond donors (Lipinski definition) is 1. The van der Waals surface area contributed by atoms with Gasteiger partial charge in [-0.15, -0.1) is 0 Å². The predicted molar refractivity (Wildman–Crippen MR) is 130 cm³/mol. The molecule has 8 heteroatoms. The number of rotatable bonds is 9. The summed E-state index contributed by atoms with van der Waals surface area (Å²) < 4.78 is 24.9. The quantitative estimate of drug-likeness (QED) is 0.421. The Morgan fingerprint density at radius 2 is 1.74 bits per heavy atom. The number of piperidine rings is 1. The Morgan fingerprint density at radius 3 is 2.40 bits per heavy atom. The van der Waals surface area contributed by atoms with E-state index in [0.717, 1.165) is 30.9 Å². The van der Waals surface area contributed by atoms with Gasteiger partial charge in [0.25, 0.3) is 5.91 Å². The molecule has 7 nitrogen and oxygen atoms in total.